The molecule has 1 amide bonds. The van der Waals surface area contributed by atoms with E-state index < -0.39 is 4.92 Å². The standard InChI is InChI=1S/C15H21N3O3/c1-11-2-3-14(18(20)21)13(10-11)15(19)17-8-5-12(4-7-16)6-9-17/h2-3,10,12H,4-9,16H2,1H3. The minimum absolute atomic E-state index is 0.116. The molecule has 0 spiro atoms. The van der Waals surface area contributed by atoms with Gasteiger partial charge in [0.1, 0.15) is 5.56 Å². The van der Waals surface area contributed by atoms with Gasteiger partial charge in [0.25, 0.3) is 11.6 Å². The smallest absolute Gasteiger partial charge is 0.282 e. The summed E-state index contributed by atoms with van der Waals surface area (Å²) in [6, 6.07) is 4.67. The van der Waals surface area contributed by atoms with E-state index in [9.17, 15) is 14.9 Å². The van der Waals surface area contributed by atoms with Gasteiger partial charge in [0.15, 0.2) is 0 Å². The van der Waals surface area contributed by atoms with E-state index in [-0.39, 0.29) is 17.2 Å². The minimum Gasteiger partial charge on any atom is -0.338 e. The number of likely N-dealkylation sites (tertiary alicyclic amines) is 1. The molecule has 1 fully saturated rings. The number of benzene rings is 1. The van der Waals surface area contributed by atoms with Crippen LogP contribution in [0.2, 0.25) is 0 Å². The Balaban J connectivity index is 2.14. The summed E-state index contributed by atoms with van der Waals surface area (Å²) in [6.07, 6.45) is 2.82. The number of nitro benzene ring substituents is 1. The molecule has 0 bridgehead atoms. The molecule has 0 saturated carbocycles. The number of carbonyl (C=O) groups is 1. The number of hydrogen-bond acceptors (Lipinski definition) is 4. The van der Waals surface area contributed by atoms with Crippen LogP contribution in [0, 0.1) is 23.0 Å². The molecule has 21 heavy (non-hydrogen) atoms. The lowest BCUT2D eigenvalue weighted by Gasteiger charge is -2.31. The van der Waals surface area contributed by atoms with Crippen molar-refractivity contribution >= 4 is 11.6 Å². The number of nitrogens with zero attached hydrogens (tertiary/aromatic N) is 2. The van der Waals surface area contributed by atoms with Crippen LogP contribution in [0.15, 0.2) is 18.2 Å². The van der Waals surface area contributed by atoms with Crippen molar-refractivity contribution in [1.82, 2.24) is 4.90 Å². The van der Waals surface area contributed by atoms with E-state index in [4.69, 9.17) is 5.73 Å². The molecular formula is C15H21N3O3. The van der Waals surface area contributed by atoms with Gasteiger partial charge in [0.05, 0.1) is 4.92 Å². The number of nitro groups is 1. The zero-order valence-electron chi connectivity index (χ0n) is 12.2. The molecule has 1 aromatic rings. The van der Waals surface area contributed by atoms with Crippen molar-refractivity contribution < 1.29 is 9.72 Å². The summed E-state index contributed by atoms with van der Waals surface area (Å²) >= 11 is 0. The van der Waals surface area contributed by atoms with Gasteiger partial charge in [-0.05, 0) is 50.3 Å². The highest BCUT2D eigenvalue weighted by Gasteiger charge is 2.28. The van der Waals surface area contributed by atoms with Gasteiger partial charge in [-0.2, -0.15) is 0 Å². The zero-order valence-corrected chi connectivity index (χ0v) is 12.2. The maximum atomic E-state index is 12.5. The van der Waals surface area contributed by atoms with Gasteiger partial charge in [0.2, 0.25) is 0 Å². The highest BCUT2D eigenvalue weighted by atomic mass is 16.6. The quantitative estimate of drug-likeness (QED) is 0.679. The second-order valence-corrected chi connectivity index (χ2v) is 5.59. The Morgan fingerprint density at radius 3 is 2.67 bits per heavy atom. The second-order valence-electron chi connectivity index (χ2n) is 5.59. The van der Waals surface area contributed by atoms with E-state index in [2.05, 4.69) is 0 Å². The molecule has 1 aromatic carbocycles. The average Bonchev–Trinajstić information content (AvgIpc) is 2.47. The van der Waals surface area contributed by atoms with Gasteiger partial charge in [-0.15, -0.1) is 0 Å². The summed E-state index contributed by atoms with van der Waals surface area (Å²) in [4.78, 5) is 24.8. The van der Waals surface area contributed by atoms with Crippen LogP contribution in [0.25, 0.3) is 0 Å². The summed E-state index contributed by atoms with van der Waals surface area (Å²) in [5.41, 5.74) is 6.48. The van der Waals surface area contributed by atoms with Gasteiger partial charge in [-0.25, -0.2) is 0 Å². The maximum absolute atomic E-state index is 12.5. The Hall–Kier alpha value is -1.95. The van der Waals surface area contributed by atoms with E-state index in [1.165, 1.54) is 6.07 Å². The third-order valence-electron chi connectivity index (χ3n) is 4.06. The molecule has 0 aromatic heterocycles. The molecule has 1 aliphatic rings. The summed E-state index contributed by atoms with van der Waals surface area (Å²) in [5.74, 6) is 0.322. The maximum Gasteiger partial charge on any atom is 0.282 e. The van der Waals surface area contributed by atoms with E-state index in [1.54, 1.807) is 17.0 Å². The van der Waals surface area contributed by atoms with Crippen molar-refractivity contribution in [3.05, 3.63) is 39.4 Å². The fraction of sp³-hybridized carbons (Fsp3) is 0.533. The van der Waals surface area contributed by atoms with Crippen molar-refractivity contribution in [2.24, 2.45) is 11.7 Å². The molecule has 6 heteroatoms. The average molecular weight is 291 g/mol. The van der Waals surface area contributed by atoms with Crippen LogP contribution in [0.5, 0.6) is 0 Å². The SMILES string of the molecule is Cc1ccc([N+](=O)[O-])c(C(=O)N2CCC(CCN)CC2)c1. The molecular weight excluding hydrogens is 270 g/mol. The second kappa shape index (κ2) is 6.67. The first-order chi connectivity index (χ1) is 10.0. The molecule has 0 radical (unpaired) electrons. The molecule has 1 aliphatic heterocycles. The van der Waals surface area contributed by atoms with Gasteiger partial charge < -0.3 is 10.6 Å². The van der Waals surface area contributed by atoms with Crippen molar-refractivity contribution in [2.75, 3.05) is 19.6 Å². The minimum atomic E-state index is -0.492. The lowest BCUT2D eigenvalue weighted by atomic mass is 9.93. The van der Waals surface area contributed by atoms with Crippen LogP contribution < -0.4 is 5.73 Å². The lowest BCUT2D eigenvalue weighted by Crippen LogP contribution is -2.39. The monoisotopic (exact) mass is 291 g/mol. The number of nitrogens with two attached hydrogens (primary N) is 1. The predicted molar refractivity (Wildman–Crippen MR) is 80.1 cm³/mol. The molecule has 1 saturated heterocycles. The topological polar surface area (TPSA) is 89.5 Å². The van der Waals surface area contributed by atoms with Crippen LogP contribution >= 0.6 is 0 Å². The fourth-order valence-electron chi connectivity index (χ4n) is 2.81. The van der Waals surface area contributed by atoms with E-state index in [0.29, 0.717) is 25.6 Å². The van der Waals surface area contributed by atoms with Crippen LogP contribution in [-0.2, 0) is 0 Å². The highest BCUT2D eigenvalue weighted by molar-refractivity contribution is 5.98. The van der Waals surface area contributed by atoms with Crippen LogP contribution in [0.1, 0.15) is 35.2 Å². The number of amides is 1. The van der Waals surface area contributed by atoms with Crippen molar-refractivity contribution in [2.45, 2.75) is 26.2 Å². The third-order valence-corrected chi connectivity index (χ3v) is 4.06. The molecule has 1 heterocycles. The van der Waals surface area contributed by atoms with Crippen LogP contribution in [0.4, 0.5) is 5.69 Å². The molecule has 2 rings (SSSR count). The number of carbonyl (C=O) groups excluding carboxylic acids is 1. The molecule has 2 N–H and O–H groups in total. The van der Waals surface area contributed by atoms with Crippen LogP contribution in [-0.4, -0.2) is 35.4 Å². The molecule has 0 aliphatic carbocycles. The largest absolute Gasteiger partial charge is 0.338 e. The first-order valence-corrected chi connectivity index (χ1v) is 7.27. The zero-order chi connectivity index (χ0) is 15.4. The summed E-state index contributed by atoms with van der Waals surface area (Å²) in [6.45, 7) is 3.79. The fourth-order valence-corrected chi connectivity index (χ4v) is 2.81. The van der Waals surface area contributed by atoms with E-state index >= 15 is 0 Å². The Kier molecular flexibility index (Phi) is 4.90. The summed E-state index contributed by atoms with van der Waals surface area (Å²) < 4.78 is 0. The summed E-state index contributed by atoms with van der Waals surface area (Å²) in [7, 11) is 0. The number of rotatable bonds is 4. The molecule has 0 unspecified atom stereocenters. The number of hydrogen-bond donors (Lipinski definition) is 1. The third kappa shape index (κ3) is 3.58. The first-order valence-electron chi connectivity index (χ1n) is 7.27. The van der Waals surface area contributed by atoms with Gasteiger partial charge in [0, 0.05) is 19.2 Å². The molecule has 0 atom stereocenters. The summed E-state index contributed by atoms with van der Waals surface area (Å²) in [5, 5.41) is 11.1. The predicted octanol–water partition coefficient (Wildman–Crippen LogP) is 2.10. The normalized spacial score (nSPS) is 16.0. The van der Waals surface area contributed by atoms with E-state index in [0.717, 1.165) is 24.8 Å². The lowest BCUT2D eigenvalue weighted by molar-refractivity contribution is -0.385. The van der Waals surface area contributed by atoms with Crippen LogP contribution in [0.3, 0.4) is 0 Å². The Morgan fingerprint density at radius 2 is 2.10 bits per heavy atom. The first kappa shape index (κ1) is 15.4. The molecule has 6 nitrogen and oxygen atoms in total. The van der Waals surface area contributed by atoms with Crippen molar-refractivity contribution in [1.29, 1.82) is 0 Å². The Labute approximate surface area is 124 Å². The van der Waals surface area contributed by atoms with Crippen molar-refractivity contribution in [3.8, 4) is 0 Å². The van der Waals surface area contributed by atoms with E-state index in [1.807, 2.05) is 6.92 Å². The molecule has 114 valence electrons. The number of aryl methyl sites for hydroxylation is 1. The van der Waals surface area contributed by atoms with Gasteiger partial charge >= 0.3 is 0 Å². The highest BCUT2D eigenvalue weighted by Crippen LogP contribution is 2.25. The number of piperidine rings is 1. The van der Waals surface area contributed by atoms with Gasteiger partial charge in [-0.1, -0.05) is 6.07 Å². The Morgan fingerprint density at radius 1 is 1.43 bits per heavy atom. The Bertz CT molecular complexity index is 537. The van der Waals surface area contributed by atoms with Crippen molar-refractivity contribution in [3.63, 3.8) is 0 Å². The van der Waals surface area contributed by atoms with Gasteiger partial charge in [-0.3, -0.25) is 14.9 Å².